The molecule has 0 spiro atoms. The van der Waals surface area contributed by atoms with Gasteiger partial charge in [0.1, 0.15) is 11.5 Å². The number of benzene rings is 3. The first kappa shape index (κ1) is 35.9. The van der Waals surface area contributed by atoms with Gasteiger partial charge in [0.25, 0.3) is 11.4 Å². The molecule has 0 amide bonds. The lowest BCUT2D eigenvalue weighted by Gasteiger charge is -1.92. The summed E-state index contributed by atoms with van der Waals surface area (Å²) in [6.45, 7) is 12.0. The molecular formula is C25H35N3O8. The van der Waals surface area contributed by atoms with Crippen molar-refractivity contribution >= 4 is 23.0 Å². The van der Waals surface area contributed by atoms with Gasteiger partial charge in [0.2, 0.25) is 0 Å². The number of hydrogen-bond donors (Lipinski definition) is 4. The van der Waals surface area contributed by atoms with E-state index in [4.69, 9.17) is 21.1 Å². The molecule has 11 nitrogen and oxygen atoms in total. The summed E-state index contributed by atoms with van der Waals surface area (Å²) in [5, 5.41) is 46.0. The van der Waals surface area contributed by atoms with Gasteiger partial charge in [0.05, 0.1) is 15.4 Å². The van der Waals surface area contributed by atoms with Crippen LogP contribution in [0.2, 0.25) is 0 Å². The third-order valence-corrected chi connectivity index (χ3v) is 3.28. The summed E-state index contributed by atoms with van der Waals surface area (Å²) in [6, 6.07) is 16.1. The topological polar surface area (TPSA) is 190 Å². The number of rotatable bonds is 3. The van der Waals surface area contributed by atoms with Crippen LogP contribution in [0.3, 0.4) is 0 Å². The number of non-ortho nitro benzene ring substituents is 2. The van der Waals surface area contributed by atoms with E-state index < -0.39 is 15.8 Å². The molecule has 0 aliphatic carbocycles. The van der Waals surface area contributed by atoms with E-state index in [1.54, 1.807) is 24.3 Å². The fourth-order valence-electron chi connectivity index (χ4n) is 1.77. The summed E-state index contributed by atoms with van der Waals surface area (Å²) >= 11 is 0. The molecule has 0 unspecified atom stereocenters. The number of nitrogens with zero attached hydrogens (tertiary/aromatic N) is 2. The maximum Gasteiger partial charge on any atom is 0.335 e. The largest absolute Gasteiger partial charge is 0.508 e. The van der Waals surface area contributed by atoms with Gasteiger partial charge in [-0.2, -0.15) is 0 Å². The molecule has 0 radical (unpaired) electrons. The zero-order valence-electron chi connectivity index (χ0n) is 21.3. The fourth-order valence-corrected chi connectivity index (χ4v) is 1.77. The SMILES string of the molecule is CC.CC.CC.Nc1ccc(O)cc1.O=C(O)c1ccc([N+](=O)[O-])cc1.O=[N+]([O-])c1ccc(O)cc1. The molecule has 0 heterocycles. The molecule has 198 valence electrons. The monoisotopic (exact) mass is 505 g/mol. The van der Waals surface area contributed by atoms with E-state index in [1.807, 2.05) is 41.5 Å². The highest BCUT2D eigenvalue weighted by atomic mass is 16.6. The number of carboxylic acid groups (broad SMARTS) is 1. The van der Waals surface area contributed by atoms with Crippen molar-refractivity contribution in [3.8, 4) is 11.5 Å². The number of carboxylic acids is 1. The van der Waals surface area contributed by atoms with Crippen LogP contribution >= 0.6 is 0 Å². The van der Waals surface area contributed by atoms with Gasteiger partial charge in [-0.05, 0) is 48.5 Å². The highest BCUT2D eigenvalue weighted by Gasteiger charge is 2.06. The molecule has 11 heteroatoms. The molecule has 3 aromatic rings. The van der Waals surface area contributed by atoms with Gasteiger partial charge in [-0.15, -0.1) is 0 Å². The second-order valence-electron chi connectivity index (χ2n) is 5.47. The number of phenolic OH excluding ortho intramolecular Hbond substituents is 2. The van der Waals surface area contributed by atoms with Crippen molar-refractivity contribution < 1.29 is 30.0 Å². The molecule has 5 N–H and O–H groups in total. The minimum absolute atomic E-state index is 0.0159. The maximum atomic E-state index is 10.3. The average molecular weight is 506 g/mol. The standard InChI is InChI=1S/C7H5NO4.C6H5NO3.C6H7NO.3C2H6/c9-7(10)5-1-3-6(4-2-5)8(11)12;8-6-3-1-5(2-4-6)7(9)10;7-5-1-3-6(8)4-2-5;3*1-2/h1-4H,(H,9,10);1-4,8H;1-4,8H,7H2;3*1-2H3. The Morgan fingerprint density at radius 3 is 1.17 bits per heavy atom. The van der Waals surface area contributed by atoms with Gasteiger partial charge < -0.3 is 21.1 Å². The minimum atomic E-state index is -1.09. The minimum Gasteiger partial charge on any atom is -0.508 e. The van der Waals surface area contributed by atoms with E-state index in [0.717, 1.165) is 12.1 Å². The molecule has 0 saturated carbocycles. The lowest BCUT2D eigenvalue weighted by molar-refractivity contribution is -0.385. The Labute approximate surface area is 210 Å². The van der Waals surface area contributed by atoms with Crippen molar-refractivity contribution in [2.45, 2.75) is 41.5 Å². The van der Waals surface area contributed by atoms with E-state index in [9.17, 15) is 25.0 Å². The fraction of sp³-hybridized carbons (Fsp3) is 0.240. The Morgan fingerprint density at radius 2 is 0.917 bits per heavy atom. The number of hydrogen-bond acceptors (Lipinski definition) is 8. The Balaban J connectivity index is -0.000000415. The summed E-state index contributed by atoms with van der Waals surface area (Å²) < 4.78 is 0. The van der Waals surface area contributed by atoms with Crippen LogP contribution in [0.1, 0.15) is 51.9 Å². The van der Waals surface area contributed by atoms with Crippen LogP contribution in [0.15, 0.2) is 72.8 Å². The molecule has 0 saturated heterocycles. The number of carbonyl (C=O) groups is 1. The molecular weight excluding hydrogens is 470 g/mol. The lowest BCUT2D eigenvalue weighted by Crippen LogP contribution is -1.96. The molecule has 3 rings (SSSR count). The predicted molar refractivity (Wildman–Crippen MR) is 141 cm³/mol. The quantitative estimate of drug-likeness (QED) is 0.131. The van der Waals surface area contributed by atoms with E-state index in [1.165, 1.54) is 36.4 Å². The maximum absolute atomic E-state index is 10.3. The van der Waals surface area contributed by atoms with Crippen LogP contribution in [-0.4, -0.2) is 31.1 Å². The Morgan fingerprint density at radius 1 is 0.639 bits per heavy atom. The molecule has 0 aromatic heterocycles. The Bertz CT molecular complexity index is 937. The Hall–Kier alpha value is -4.67. The Kier molecular flexibility index (Phi) is 22.1. The molecule has 0 bridgehead atoms. The van der Waals surface area contributed by atoms with E-state index >= 15 is 0 Å². The van der Waals surface area contributed by atoms with Crippen molar-refractivity contribution in [2.75, 3.05) is 5.73 Å². The first-order valence-electron chi connectivity index (χ1n) is 11.1. The number of nitrogen functional groups attached to an aromatic ring is 1. The molecule has 0 aliphatic heterocycles. The molecule has 0 atom stereocenters. The second kappa shape index (κ2) is 22.1. The smallest absolute Gasteiger partial charge is 0.335 e. The van der Waals surface area contributed by atoms with Gasteiger partial charge in [0.15, 0.2) is 0 Å². The molecule has 3 aromatic carbocycles. The number of aromatic hydroxyl groups is 2. The van der Waals surface area contributed by atoms with Gasteiger partial charge in [-0.25, -0.2) is 4.79 Å². The van der Waals surface area contributed by atoms with Crippen molar-refractivity contribution in [2.24, 2.45) is 0 Å². The third kappa shape index (κ3) is 16.9. The predicted octanol–water partition coefficient (Wildman–Crippen LogP) is 6.65. The number of nitro benzene ring substituents is 2. The van der Waals surface area contributed by atoms with Crippen LogP contribution in [0.5, 0.6) is 11.5 Å². The zero-order valence-corrected chi connectivity index (χ0v) is 21.3. The number of anilines is 1. The second-order valence-corrected chi connectivity index (χ2v) is 5.47. The summed E-state index contributed by atoms with van der Waals surface area (Å²) in [5.74, 6) is -0.810. The van der Waals surface area contributed by atoms with Gasteiger partial charge in [0, 0.05) is 30.0 Å². The highest BCUT2D eigenvalue weighted by Crippen LogP contribution is 2.15. The lowest BCUT2D eigenvalue weighted by atomic mass is 10.2. The van der Waals surface area contributed by atoms with Crippen molar-refractivity contribution in [1.29, 1.82) is 0 Å². The van der Waals surface area contributed by atoms with Crippen molar-refractivity contribution in [3.63, 3.8) is 0 Å². The summed E-state index contributed by atoms with van der Waals surface area (Å²) in [4.78, 5) is 29.4. The van der Waals surface area contributed by atoms with E-state index in [2.05, 4.69) is 0 Å². The highest BCUT2D eigenvalue weighted by molar-refractivity contribution is 5.87. The number of aromatic carboxylic acids is 1. The van der Waals surface area contributed by atoms with Crippen LogP contribution in [-0.2, 0) is 0 Å². The van der Waals surface area contributed by atoms with Crippen LogP contribution in [0.4, 0.5) is 17.1 Å². The summed E-state index contributed by atoms with van der Waals surface area (Å²) in [7, 11) is 0. The molecule has 36 heavy (non-hydrogen) atoms. The summed E-state index contributed by atoms with van der Waals surface area (Å²) in [6.07, 6.45) is 0. The molecule has 0 aliphatic rings. The average Bonchev–Trinajstić information content (AvgIpc) is 2.90. The van der Waals surface area contributed by atoms with Crippen LogP contribution in [0, 0.1) is 20.2 Å². The van der Waals surface area contributed by atoms with E-state index in [0.29, 0.717) is 5.69 Å². The van der Waals surface area contributed by atoms with Gasteiger partial charge >= 0.3 is 5.97 Å². The van der Waals surface area contributed by atoms with Gasteiger partial charge in [-0.3, -0.25) is 20.2 Å². The van der Waals surface area contributed by atoms with Crippen LogP contribution in [0.25, 0.3) is 0 Å². The summed E-state index contributed by atoms with van der Waals surface area (Å²) in [5.41, 5.74) is 5.90. The normalized spacial score (nSPS) is 8.17. The van der Waals surface area contributed by atoms with Crippen molar-refractivity contribution in [3.05, 3.63) is 98.6 Å². The first-order valence-corrected chi connectivity index (χ1v) is 11.1. The van der Waals surface area contributed by atoms with E-state index in [-0.39, 0.29) is 28.4 Å². The molecule has 0 fully saturated rings. The van der Waals surface area contributed by atoms with Crippen molar-refractivity contribution in [1.82, 2.24) is 0 Å². The van der Waals surface area contributed by atoms with Crippen LogP contribution < -0.4 is 5.73 Å². The number of nitro groups is 2. The van der Waals surface area contributed by atoms with Gasteiger partial charge in [-0.1, -0.05) is 41.5 Å². The number of phenols is 2. The zero-order chi connectivity index (χ0) is 28.7. The first-order chi connectivity index (χ1) is 17.1. The number of nitrogens with two attached hydrogens (primary N) is 1. The third-order valence-electron chi connectivity index (χ3n) is 3.28.